The van der Waals surface area contributed by atoms with Crippen molar-refractivity contribution < 1.29 is 28.6 Å². The van der Waals surface area contributed by atoms with Gasteiger partial charge in [0.1, 0.15) is 24.8 Å². The van der Waals surface area contributed by atoms with E-state index in [1.807, 2.05) is 0 Å². The Hall–Kier alpha value is -3.95. The molecule has 3 aromatic carbocycles. The number of fused-ring (bicyclic) bond motifs is 2. The zero-order valence-electron chi connectivity index (χ0n) is 18.4. The number of hydrogen-bond donors (Lipinski definition) is 1. The van der Waals surface area contributed by atoms with Crippen molar-refractivity contribution in [3.8, 4) is 11.5 Å². The largest absolute Gasteiger partial charge is 0.507 e. The lowest BCUT2D eigenvalue weighted by Crippen LogP contribution is -2.29. The molecule has 0 aliphatic carbocycles. The second kappa shape index (κ2) is 8.61. The van der Waals surface area contributed by atoms with Crippen LogP contribution in [0.2, 0.25) is 5.02 Å². The van der Waals surface area contributed by atoms with Gasteiger partial charge >= 0.3 is 5.91 Å². The zero-order valence-corrected chi connectivity index (χ0v) is 20.0. The van der Waals surface area contributed by atoms with Crippen LogP contribution in [0.1, 0.15) is 17.2 Å². The van der Waals surface area contributed by atoms with Gasteiger partial charge in [0.25, 0.3) is 5.78 Å². The van der Waals surface area contributed by atoms with E-state index in [1.54, 1.807) is 42.5 Å². The van der Waals surface area contributed by atoms with Crippen molar-refractivity contribution >= 4 is 55.7 Å². The van der Waals surface area contributed by atoms with Gasteiger partial charge in [-0.05, 0) is 54.1 Å². The fraction of sp³-hybridized carbons (Fsp3) is 0.115. The summed E-state index contributed by atoms with van der Waals surface area (Å²) >= 11 is 7.32. The minimum atomic E-state index is -1.01. The minimum absolute atomic E-state index is 0.121. The Morgan fingerprint density at radius 2 is 1.86 bits per heavy atom. The van der Waals surface area contributed by atoms with E-state index in [9.17, 15) is 19.1 Å². The Bertz CT molecular complexity index is 1600. The summed E-state index contributed by atoms with van der Waals surface area (Å²) in [6.07, 6.45) is 0. The minimum Gasteiger partial charge on any atom is -0.507 e. The summed E-state index contributed by atoms with van der Waals surface area (Å²) in [6, 6.07) is 14.6. The number of carbonyl (C=O) groups is 2. The summed E-state index contributed by atoms with van der Waals surface area (Å²) in [4.78, 5) is 32.4. The Labute approximate surface area is 213 Å². The first kappa shape index (κ1) is 22.5. The average molecular weight is 523 g/mol. The van der Waals surface area contributed by atoms with Crippen LogP contribution in [0.5, 0.6) is 11.5 Å². The topological polar surface area (TPSA) is 89.0 Å². The van der Waals surface area contributed by atoms with E-state index in [2.05, 4.69) is 4.98 Å². The number of rotatable bonds is 3. The van der Waals surface area contributed by atoms with E-state index in [0.717, 1.165) is 11.3 Å². The molecule has 0 spiro atoms. The number of halogens is 2. The van der Waals surface area contributed by atoms with E-state index >= 15 is 0 Å². The highest BCUT2D eigenvalue weighted by Crippen LogP contribution is 2.45. The number of aliphatic hydroxyl groups excluding tert-OH is 1. The standard InChI is InChI=1S/C26H16ClFN2O5S/c27-15-3-1-2-13(10-15)22-21(23(31)14-4-7-18-19(11-14)35-9-8-34-18)24(32)25(33)30(22)26-29-17-6-5-16(28)12-20(17)36-26/h1-7,10-12,22,31H,8-9H2/b23-21+. The summed E-state index contributed by atoms with van der Waals surface area (Å²) in [5, 5.41) is 11.9. The van der Waals surface area contributed by atoms with Crippen molar-refractivity contribution in [2.24, 2.45) is 0 Å². The number of thiazole rings is 1. The van der Waals surface area contributed by atoms with Gasteiger partial charge in [0, 0.05) is 10.6 Å². The third-order valence-electron chi connectivity index (χ3n) is 5.97. The second-order valence-electron chi connectivity index (χ2n) is 8.19. The number of aromatic nitrogens is 1. The number of ketones is 1. The fourth-order valence-electron chi connectivity index (χ4n) is 4.36. The van der Waals surface area contributed by atoms with Crippen molar-refractivity contribution in [1.29, 1.82) is 0 Å². The molecule has 6 rings (SSSR count). The van der Waals surface area contributed by atoms with Crippen molar-refractivity contribution in [2.75, 3.05) is 18.1 Å². The Morgan fingerprint density at radius 1 is 1.06 bits per heavy atom. The number of amides is 1. The molecule has 2 aliphatic heterocycles. The quantitative estimate of drug-likeness (QED) is 0.217. The highest BCUT2D eigenvalue weighted by molar-refractivity contribution is 7.22. The molecule has 36 heavy (non-hydrogen) atoms. The molecule has 2 aliphatic rings. The molecule has 1 amide bonds. The van der Waals surface area contributed by atoms with Crippen molar-refractivity contribution in [1.82, 2.24) is 4.98 Å². The van der Waals surface area contributed by atoms with E-state index < -0.39 is 23.5 Å². The first-order chi connectivity index (χ1) is 17.4. The van der Waals surface area contributed by atoms with E-state index in [4.69, 9.17) is 21.1 Å². The molecule has 0 radical (unpaired) electrons. The van der Waals surface area contributed by atoms with Crippen LogP contribution in [0.3, 0.4) is 0 Å². The number of ether oxygens (including phenoxy) is 2. The van der Waals surface area contributed by atoms with Gasteiger partial charge in [-0.1, -0.05) is 35.1 Å². The smallest absolute Gasteiger partial charge is 0.301 e. The van der Waals surface area contributed by atoms with Crippen LogP contribution in [0.4, 0.5) is 9.52 Å². The zero-order chi connectivity index (χ0) is 25.0. The molecule has 3 heterocycles. The third kappa shape index (κ3) is 3.68. The van der Waals surface area contributed by atoms with E-state index in [1.165, 1.54) is 23.1 Å². The van der Waals surface area contributed by atoms with Gasteiger partial charge in [-0.3, -0.25) is 14.5 Å². The molecule has 1 aromatic heterocycles. The molecule has 1 N–H and O–H groups in total. The molecule has 0 bridgehead atoms. The van der Waals surface area contributed by atoms with Gasteiger partial charge < -0.3 is 14.6 Å². The highest BCUT2D eigenvalue weighted by atomic mass is 35.5. The lowest BCUT2D eigenvalue weighted by molar-refractivity contribution is -0.132. The fourth-order valence-corrected chi connectivity index (χ4v) is 5.57. The van der Waals surface area contributed by atoms with Gasteiger partial charge in [-0.25, -0.2) is 9.37 Å². The van der Waals surface area contributed by atoms with E-state index in [0.29, 0.717) is 45.5 Å². The molecule has 1 saturated heterocycles. The monoisotopic (exact) mass is 522 g/mol. The number of anilines is 1. The number of nitrogens with zero attached hydrogens (tertiary/aromatic N) is 2. The van der Waals surface area contributed by atoms with E-state index in [-0.39, 0.29) is 22.0 Å². The summed E-state index contributed by atoms with van der Waals surface area (Å²) in [5.74, 6) is -1.61. The van der Waals surface area contributed by atoms with Crippen molar-refractivity contribution in [3.63, 3.8) is 0 Å². The number of carbonyl (C=O) groups excluding carboxylic acids is 2. The predicted molar refractivity (Wildman–Crippen MR) is 133 cm³/mol. The number of benzene rings is 3. The summed E-state index contributed by atoms with van der Waals surface area (Å²) < 4.78 is 25.5. The van der Waals surface area contributed by atoms with Crippen LogP contribution in [-0.4, -0.2) is 35.0 Å². The molecule has 4 aromatic rings. The van der Waals surface area contributed by atoms with Crippen LogP contribution >= 0.6 is 22.9 Å². The lowest BCUT2D eigenvalue weighted by Gasteiger charge is -2.23. The SMILES string of the molecule is O=C1C(=O)N(c2nc3ccc(F)cc3s2)C(c2cccc(Cl)c2)/C1=C(\O)c1ccc2c(c1)OCCO2. The predicted octanol–water partition coefficient (Wildman–Crippen LogP) is 5.49. The molecule has 1 fully saturated rings. The van der Waals surface area contributed by atoms with Crippen LogP contribution in [-0.2, 0) is 9.59 Å². The van der Waals surface area contributed by atoms with Crippen LogP contribution in [0.25, 0.3) is 16.0 Å². The van der Waals surface area contributed by atoms with Gasteiger partial charge in [0.15, 0.2) is 16.6 Å². The molecule has 7 nitrogen and oxygen atoms in total. The van der Waals surface area contributed by atoms with Crippen molar-refractivity contribution in [2.45, 2.75) is 6.04 Å². The maximum Gasteiger partial charge on any atom is 0.301 e. The molecule has 180 valence electrons. The summed E-state index contributed by atoms with van der Waals surface area (Å²) in [7, 11) is 0. The maximum absolute atomic E-state index is 13.8. The summed E-state index contributed by atoms with van der Waals surface area (Å²) in [5.41, 5.74) is 1.15. The maximum atomic E-state index is 13.8. The molecular formula is C26H16ClFN2O5S. The Balaban J connectivity index is 1.54. The molecular weight excluding hydrogens is 507 g/mol. The van der Waals surface area contributed by atoms with Gasteiger partial charge in [0.2, 0.25) is 0 Å². The molecule has 1 atom stereocenters. The number of aliphatic hydroxyl groups is 1. The third-order valence-corrected chi connectivity index (χ3v) is 7.22. The highest BCUT2D eigenvalue weighted by Gasteiger charge is 2.48. The molecule has 10 heteroatoms. The van der Waals surface area contributed by atoms with Gasteiger partial charge in [-0.2, -0.15) is 0 Å². The second-order valence-corrected chi connectivity index (χ2v) is 9.64. The first-order valence-electron chi connectivity index (χ1n) is 10.9. The van der Waals surface area contributed by atoms with Crippen molar-refractivity contribution in [3.05, 3.63) is 88.2 Å². The average Bonchev–Trinajstić information content (AvgIpc) is 3.41. The van der Waals surface area contributed by atoms with Crippen LogP contribution in [0, 0.1) is 5.82 Å². The van der Waals surface area contributed by atoms with Crippen LogP contribution < -0.4 is 14.4 Å². The molecule has 0 saturated carbocycles. The first-order valence-corrected chi connectivity index (χ1v) is 12.1. The summed E-state index contributed by atoms with van der Waals surface area (Å²) in [6.45, 7) is 0.757. The van der Waals surface area contributed by atoms with Gasteiger partial charge in [-0.15, -0.1) is 0 Å². The van der Waals surface area contributed by atoms with Gasteiger partial charge in [0.05, 0.1) is 21.8 Å². The Morgan fingerprint density at radius 3 is 2.67 bits per heavy atom. The van der Waals surface area contributed by atoms with Crippen LogP contribution in [0.15, 0.2) is 66.2 Å². The normalized spacial score (nSPS) is 18.7. The number of Topliss-reactive ketones (excluding diaryl/α,β-unsaturated/α-hetero) is 1. The lowest BCUT2D eigenvalue weighted by atomic mass is 9.95. The number of hydrogen-bond acceptors (Lipinski definition) is 7. The Kier molecular flexibility index (Phi) is 5.39. The molecule has 1 unspecified atom stereocenters.